The highest BCUT2D eigenvalue weighted by Crippen LogP contribution is 2.37. The van der Waals surface area contributed by atoms with Crippen LogP contribution in [0, 0.1) is 5.92 Å². The van der Waals surface area contributed by atoms with E-state index in [-0.39, 0.29) is 19.4 Å². The van der Waals surface area contributed by atoms with E-state index in [1.807, 2.05) is 0 Å². The predicted octanol–water partition coefficient (Wildman–Crippen LogP) is 0.291. The highest BCUT2D eigenvalue weighted by molar-refractivity contribution is 5.69. The summed E-state index contributed by atoms with van der Waals surface area (Å²) in [7, 11) is 0. The Morgan fingerprint density at radius 2 is 0.953 bits per heavy atom. The van der Waals surface area contributed by atoms with Crippen LogP contribution in [0.5, 0.6) is 0 Å². The molecule has 0 aromatic carbocycles. The Kier molecular flexibility index (Phi) is 13.3. The van der Waals surface area contributed by atoms with Crippen molar-refractivity contribution in [3.05, 3.63) is 0 Å². The first kappa shape index (κ1) is 35.4. The number of ether oxygens (including phenoxy) is 9. The molecular formula is C27H38O16. The van der Waals surface area contributed by atoms with Crippen LogP contribution in [0.2, 0.25) is 0 Å². The molecule has 2 saturated heterocycles. The van der Waals surface area contributed by atoms with Crippen LogP contribution in [0.4, 0.5) is 0 Å². The van der Waals surface area contributed by atoms with Gasteiger partial charge in [-0.3, -0.25) is 33.6 Å². The Morgan fingerprint density at radius 1 is 0.512 bits per heavy atom. The van der Waals surface area contributed by atoms with E-state index in [4.69, 9.17) is 42.6 Å². The van der Waals surface area contributed by atoms with Crippen molar-refractivity contribution in [1.82, 2.24) is 0 Å². The van der Waals surface area contributed by atoms with Crippen molar-refractivity contribution in [2.45, 2.75) is 110 Å². The second-order valence-corrected chi connectivity index (χ2v) is 10.1. The van der Waals surface area contributed by atoms with Crippen molar-refractivity contribution < 1.29 is 76.2 Å². The molecule has 16 nitrogen and oxygen atoms in total. The van der Waals surface area contributed by atoms with Gasteiger partial charge in [0.2, 0.25) is 6.29 Å². The summed E-state index contributed by atoms with van der Waals surface area (Å²) in [6, 6.07) is 0. The third-order valence-electron chi connectivity index (χ3n) is 6.35. The van der Waals surface area contributed by atoms with Gasteiger partial charge in [-0.05, 0) is 18.8 Å². The zero-order valence-electron chi connectivity index (χ0n) is 25.1. The maximum atomic E-state index is 12.2. The Labute approximate surface area is 247 Å². The fourth-order valence-electron chi connectivity index (χ4n) is 4.95. The predicted molar refractivity (Wildman–Crippen MR) is 137 cm³/mol. The Bertz CT molecular complexity index is 1060. The number of rotatable bonds is 11. The zero-order valence-corrected chi connectivity index (χ0v) is 25.1. The summed E-state index contributed by atoms with van der Waals surface area (Å²) in [4.78, 5) is 83.1. The van der Waals surface area contributed by atoms with E-state index in [0.29, 0.717) is 0 Å². The lowest BCUT2D eigenvalue weighted by molar-refractivity contribution is -0.274. The van der Waals surface area contributed by atoms with Crippen molar-refractivity contribution in [1.29, 1.82) is 0 Å². The summed E-state index contributed by atoms with van der Waals surface area (Å²) in [6.45, 7) is 7.23. The van der Waals surface area contributed by atoms with Gasteiger partial charge >= 0.3 is 41.8 Å². The van der Waals surface area contributed by atoms with Crippen LogP contribution in [-0.4, -0.2) is 104 Å². The molecule has 9 atom stereocenters. The van der Waals surface area contributed by atoms with Gasteiger partial charge < -0.3 is 42.6 Å². The summed E-state index contributed by atoms with van der Waals surface area (Å²) in [5, 5.41) is 0. The first-order valence-electron chi connectivity index (χ1n) is 13.5. The van der Waals surface area contributed by atoms with E-state index >= 15 is 0 Å². The number of esters is 7. The maximum absolute atomic E-state index is 12.2. The van der Waals surface area contributed by atoms with Gasteiger partial charge in [0.1, 0.15) is 19.3 Å². The molecule has 0 radical (unpaired) electrons. The lowest BCUT2D eigenvalue weighted by Crippen LogP contribution is -2.63. The Balaban J connectivity index is 2.53. The second kappa shape index (κ2) is 16.2. The van der Waals surface area contributed by atoms with Gasteiger partial charge in [0.25, 0.3) is 0 Å². The number of hydrogen-bond acceptors (Lipinski definition) is 16. The highest BCUT2D eigenvalue weighted by atomic mass is 16.7. The quantitative estimate of drug-likeness (QED) is 0.225. The molecule has 0 spiro atoms. The molecule has 43 heavy (non-hydrogen) atoms. The van der Waals surface area contributed by atoms with E-state index < -0.39 is 103 Å². The van der Waals surface area contributed by atoms with Crippen LogP contribution >= 0.6 is 0 Å². The van der Waals surface area contributed by atoms with Gasteiger partial charge in [0.05, 0.1) is 12.2 Å². The molecule has 16 heteroatoms. The molecule has 1 unspecified atom stereocenters. The standard InChI is InChI=1S/C27H38O16/c1-12(28)35-10-22-19(9-21(37-14(3)30)27(43-22)41-18(7)34)8-20-24(38-15(4)31)26(40-17(6)33)25(39-16(5)32)23(42-20)11-36-13(2)29/h19-27H,8-11H2,1-7H3/t19-,20-,21+,22+,23+,24-,25+,26+,27?/m0/s1. The van der Waals surface area contributed by atoms with E-state index in [1.54, 1.807) is 0 Å². The molecule has 0 aromatic heterocycles. The van der Waals surface area contributed by atoms with E-state index in [2.05, 4.69) is 0 Å². The van der Waals surface area contributed by atoms with Crippen LogP contribution in [0.3, 0.4) is 0 Å². The molecule has 242 valence electrons. The molecule has 0 N–H and O–H groups in total. The van der Waals surface area contributed by atoms with E-state index in [1.165, 1.54) is 6.92 Å². The van der Waals surface area contributed by atoms with Gasteiger partial charge in [0, 0.05) is 48.5 Å². The summed E-state index contributed by atoms with van der Waals surface area (Å²) in [6.07, 6.45) is -9.76. The summed E-state index contributed by atoms with van der Waals surface area (Å²) in [5.74, 6) is -5.71. The fraction of sp³-hybridized carbons (Fsp3) is 0.741. The summed E-state index contributed by atoms with van der Waals surface area (Å²) in [5.41, 5.74) is 0. The molecule has 2 rings (SSSR count). The van der Waals surface area contributed by atoms with Crippen molar-refractivity contribution in [2.24, 2.45) is 5.92 Å². The SMILES string of the molecule is CC(=O)OC[C@H]1OC(OC(C)=O)[C@H](OC(C)=O)C[C@@H]1C[C@@H]1O[C@H](COC(C)=O)[C@@H](OC(C)=O)[C@H](OC(C)=O)[C@H]1OC(C)=O. The number of carbonyl (C=O) groups excluding carboxylic acids is 7. The molecule has 2 heterocycles. The van der Waals surface area contributed by atoms with Crippen LogP contribution in [-0.2, 0) is 76.2 Å². The minimum absolute atomic E-state index is 0.0102. The second-order valence-electron chi connectivity index (χ2n) is 10.1. The molecule has 0 bridgehead atoms. The van der Waals surface area contributed by atoms with Crippen LogP contribution in [0.15, 0.2) is 0 Å². The third kappa shape index (κ3) is 11.4. The third-order valence-corrected chi connectivity index (χ3v) is 6.35. The largest absolute Gasteiger partial charge is 0.463 e. The van der Waals surface area contributed by atoms with Crippen molar-refractivity contribution >= 4 is 41.8 Å². The molecule has 2 aliphatic heterocycles. The first-order chi connectivity index (χ1) is 20.1. The van der Waals surface area contributed by atoms with E-state index in [0.717, 1.165) is 41.5 Å². The average molecular weight is 619 g/mol. The molecule has 0 amide bonds. The molecule has 2 fully saturated rings. The summed E-state index contributed by atoms with van der Waals surface area (Å²) < 4.78 is 49.3. The van der Waals surface area contributed by atoms with Crippen molar-refractivity contribution in [3.8, 4) is 0 Å². The Morgan fingerprint density at radius 3 is 1.42 bits per heavy atom. The fourth-order valence-corrected chi connectivity index (χ4v) is 4.95. The van der Waals surface area contributed by atoms with Crippen LogP contribution in [0.1, 0.15) is 61.3 Å². The highest BCUT2D eigenvalue weighted by Gasteiger charge is 2.54. The molecule has 2 aliphatic rings. The maximum Gasteiger partial charge on any atom is 0.305 e. The van der Waals surface area contributed by atoms with Crippen LogP contribution in [0.25, 0.3) is 0 Å². The molecule has 0 aromatic rings. The van der Waals surface area contributed by atoms with Gasteiger partial charge in [-0.1, -0.05) is 0 Å². The van der Waals surface area contributed by atoms with Gasteiger partial charge in [-0.15, -0.1) is 0 Å². The lowest BCUT2D eigenvalue weighted by Gasteiger charge is -2.47. The minimum Gasteiger partial charge on any atom is -0.463 e. The minimum atomic E-state index is -1.39. The lowest BCUT2D eigenvalue weighted by atomic mass is 9.83. The van der Waals surface area contributed by atoms with Crippen LogP contribution < -0.4 is 0 Å². The molecule has 0 aliphatic carbocycles. The zero-order chi connectivity index (χ0) is 32.4. The van der Waals surface area contributed by atoms with Crippen molar-refractivity contribution in [3.63, 3.8) is 0 Å². The van der Waals surface area contributed by atoms with Gasteiger partial charge in [-0.25, -0.2) is 0 Å². The van der Waals surface area contributed by atoms with Gasteiger partial charge in [-0.2, -0.15) is 0 Å². The topological polar surface area (TPSA) is 203 Å². The number of hydrogen-bond donors (Lipinski definition) is 0. The van der Waals surface area contributed by atoms with Gasteiger partial charge in [0.15, 0.2) is 24.4 Å². The molecule has 0 saturated carbocycles. The smallest absolute Gasteiger partial charge is 0.305 e. The van der Waals surface area contributed by atoms with E-state index in [9.17, 15) is 33.6 Å². The average Bonchev–Trinajstić information content (AvgIpc) is 2.85. The Hall–Kier alpha value is -3.79. The first-order valence-corrected chi connectivity index (χ1v) is 13.5. The monoisotopic (exact) mass is 618 g/mol. The molecular weight excluding hydrogens is 580 g/mol. The number of carbonyl (C=O) groups is 7. The summed E-state index contributed by atoms with van der Waals surface area (Å²) >= 11 is 0. The normalized spacial score (nSPS) is 30.2. The van der Waals surface area contributed by atoms with Crippen molar-refractivity contribution in [2.75, 3.05) is 13.2 Å².